The lowest BCUT2D eigenvalue weighted by molar-refractivity contribution is -0.122. The van der Waals surface area contributed by atoms with Crippen molar-refractivity contribution in [2.75, 3.05) is 18.0 Å². The Labute approximate surface area is 105 Å². The SMILES string of the molecule is N#Cc1ccc(N2CCC(C(N)=O)CC2)cc1F. The summed E-state index contributed by atoms with van der Waals surface area (Å²) in [5.74, 6) is -0.850. The fraction of sp³-hybridized carbons (Fsp3) is 0.385. The Morgan fingerprint density at radius 2 is 2.11 bits per heavy atom. The number of primary amides is 1. The van der Waals surface area contributed by atoms with Crippen LogP contribution in [0.15, 0.2) is 18.2 Å². The zero-order valence-electron chi connectivity index (χ0n) is 9.90. The number of carbonyl (C=O) groups excluding carboxylic acids is 1. The van der Waals surface area contributed by atoms with E-state index in [0.717, 1.165) is 5.69 Å². The van der Waals surface area contributed by atoms with Gasteiger partial charge >= 0.3 is 0 Å². The molecule has 2 N–H and O–H groups in total. The van der Waals surface area contributed by atoms with Crippen LogP contribution in [-0.4, -0.2) is 19.0 Å². The van der Waals surface area contributed by atoms with E-state index in [2.05, 4.69) is 0 Å². The number of nitrogens with two attached hydrogens (primary N) is 1. The van der Waals surface area contributed by atoms with Crippen molar-refractivity contribution in [3.05, 3.63) is 29.6 Å². The summed E-state index contributed by atoms with van der Waals surface area (Å²) >= 11 is 0. The van der Waals surface area contributed by atoms with Gasteiger partial charge in [-0.1, -0.05) is 0 Å². The molecule has 0 atom stereocenters. The number of carbonyl (C=O) groups is 1. The molecule has 1 fully saturated rings. The number of nitriles is 1. The quantitative estimate of drug-likeness (QED) is 0.858. The minimum absolute atomic E-state index is 0.0470. The monoisotopic (exact) mass is 247 g/mol. The third kappa shape index (κ3) is 2.43. The zero-order chi connectivity index (χ0) is 13.1. The van der Waals surface area contributed by atoms with E-state index in [1.807, 2.05) is 4.90 Å². The van der Waals surface area contributed by atoms with E-state index in [1.54, 1.807) is 12.1 Å². The third-order valence-corrected chi connectivity index (χ3v) is 3.34. The molecule has 0 aromatic heterocycles. The summed E-state index contributed by atoms with van der Waals surface area (Å²) < 4.78 is 13.5. The molecule has 1 aliphatic rings. The summed E-state index contributed by atoms with van der Waals surface area (Å²) in [5.41, 5.74) is 6.05. The number of hydrogen-bond acceptors (Lipinski definition) is 3. The summed E-state index contributed by atoms with van der Waals surface area (Å²) in [5, 5.41) is 8.66. The van der Waals surface area contributed by atoms with Crippen LogP contribution >= 0.6 is 0 Å². The van der Waals surface area contributed by atoms with Crippen LogP contribution in [0.4, 0.5) is 10.1 Å². The van der Waals surface area contributed by atoms with E-state index in [-0.39, 0.29) is 17.4 Å². The predicted octanol–water partition coefficient (Wildman–Crippen LogP) is 1.40. The maximum absolute atomic E-state index is 13.5. The lowest BCUT2D eigenvalue weighted by atomic mass is 9.96. The van der Waals surface area contributed by atoms with Gasteiger partial charge in [-0.2, -0.15) is 5.26 Å². The molecular formula is C13H14FN3O. The van der Waals surface area contributed by atoms with Gasteiger partial charge in [0.1, 0.15) is 11.9 Å². The van der Waals surface area contributed by atoms with Crippen LogP contribution in [0.25, 0.3) is 0 Å². The zero-order valence-corrected chi connectivity index (χ0v) is 9.90. The number of nitrogens with zero attached hydrogens (tertiary/aromatic N) is 2. The number of piperidine rings is 1. The van der Waals surface area contributed by atoms with Crippen LogP contribution in [0.5, 0.6) is 0 Å². The lowest BCUT2D eigenvalue weighted by Gasteiger charge is -2.32. The number of amides is 1. The molecule has 94 valence electrons. The Balaban J connectivity index is 2.08. The summed E-state index contributed by atoms with van der Waals surface area (Å²) in [6, 6.07) is 6.36. The Morgan fingerprint density at radius 3 is 2.61 bits per heavy atom. The summed E-state index contributed by atoms with van der Waals surface area (Å²) in [6.07, 6.45) is 1.38. The maximum atomic E-state index is 13.5. The minimum atomic E-state index is -0.507. The van der Waals surface area contributed by atoms with Gasteiger partial charge < -0.3 is 10.6 Å². The third-order valence-electron chi connectivity index (χ3n) is 3.34. The molecule has 0 radical (unpaired) electrons. The van der Waals surface area contributed by atoms with E-state index in [1.165, 1.54) is 12.1 Å². The van der Waals surface area contributed by atoms with E-state index in [0.29, 0.717) is 25.9 Å². The molecule has 1 aromatic carbocycles. The van der Waals surface area contributed by atoms with Gasteiger partial charge in [0.15, 0.2) is 0 Å². The van der Waals surface area contributed by atoms with Crippen molar-refractivity contribution in [2.45, 2.75) is 12.8 Å². The van der Waals surface area contributed by atoms with Crippen LogP contribution in [0.1, 0.15) is 18.4 Å². The highest BCUT2D eigenvalue weighted by Gasteiger charge is 2.23. The maximum Gasteiger partial charge on any atom is 0.220 e. The Kier molecular flexibility index (Phi) is 3.47. The first kappa shape index (κ1) is 12.4. The molecule has 1 amide bonds. The van der Waals surface area contributed by atoms with Crippen LogP contribution in [0, 0.1) is 23.1 Å². The summed E-state index contributed by atoms with van der Waals surface area (Å²) in [6.45, 7) is 1.36. The second-order valence-electron chi connectivity index (χ2n) is 4.44. The normalized spacial score (nSPS) is 16.3. The van der Waals surface area contributed by atoms with E-state index >= 15 is 0 Å². The highest BCUT2D eigenvalue weighted by atomic mass is 19.1. The van der Waals surface area contributed by atoms with Crippen molar-refractivity contribution in [1.82, 2.24) is 0 Å². The molecule has 0 saturated carbocycles. The smallest absolute Gasteiger partial charge is 0.220 e. The van der Waals surface area contributed by atoms with Crippen LogP contribution in [-0.2, 0) is 4.79 Å². The molecule has 1 heterocycles. The molecule has 18 heavy (non-hydrogen) atoms. The van der Waals surface area contributed by atoms with E-state index < -0.39 is 5.82 Å². The van der Waals surface area contributed by atoms with Crippen molar-refractivity contribution in [3.8, 4) is 6.07 Å². The molecule has 0 aliphatic carbocycles. The molecule has 1 saturated heterocycles. The van der Waals surface area contributed by atoms with Crippen LogP contribution in [0.3, 0.4) is 0 Å². The standard InChI is InChI=1S/C13H14FN3O/c14-12-7-11(2-1-10(12)8-15)17-5-3-9(4-6-17)13(16)18/h1-2,7,9H,3-6H2,(H2,16,18). The van der Waals surface area contributed by atoms with Gasteiger partial charge in [-0.3, -0.25) is 4.79 Å². The molecule has 5 heteroatoms. The number of rotatable bonds is 2. The molecule has 1 aliphatic heterocycles. The molecular weight excluding hydrogens is 233 g/mol. The number of hydrogen-bond donors (Lipinski definition) is 1. The van der Waals surface area contributed by atoms with Gasteiger partial charge in [0.05, 0.1) is 5.56 Å². The summed E-state index contributed by atoms with van der Waals surface area (Å²) in [4.78, 5) is 13.0. The first-order valence-corrected chi connectivity index (χ1v) is 5.85. The molecule has 0 unspecified atom stereocenters. The second-order valence-corrected chi connectivity index (χ2v) is 4.44. The fourth-order valence-electron chi connectivity index (χ4n) is 2.21. The van der Waals surface area contributed by atoms with Gasteiger partial charge in [0.25, 0.3) is 0 Å². The largest absolute Gasteiger partial charge is 0.371 e. The molecule has 0 bridgehead atoms. The van der Waals surface area contributed by atoms with Gasteiger partial charge in [-0.05, 0) is 31.0 Å². The highest BCUT2D eigenvalue weighted by molar-refractivity contribution is 5.77. The fourth-order valence-corrected chi connectivity index (χ4v) is 2.21. The van der Waals surface area contributed by atoms with E-state index in [9.17, 15) is 9.18 Å². The van der Waals surface area contributed by atoms with Crippen molar-refractivity contribution in [3.63, 3.8) is 0 Å². The van der Waals surface area contributed by atoms with Crippen molar-refractivity contribution in [2.24, 2.45) is 11.7 Å². The second kappa shape index (κ2) is 5.05. The lowest BCUT2D eigenvalue weighted by Crippen LogP contribution is -2.38. The summed E-state index contributed by atoms with van der Waals surface area (Å²) in [7, 11) is 0. The Hall–Kier alpha value is -2.09. The van der Waals surface area contributed by atoms with Crippen molar-refractivity contribution in [1.29, 1.82) is 5.26 Å². The van der Waals surface area contributed by atoms with E-state index in [4.69, 9.17) is 11.0 Å². The first-order chi connectivity index (χ1) is 8.61. The average Bonchev–Trinajstić information content (AvgIpc) is 2.38. The van der Waals surface area contributed by atoms with Gasteiger partial charge in [-0.25, -0.2) is 4.39 Å². The molecule has 1 aromatic rings. The minimum Gasteiger partial charge on any atom is -0.371 e. The van der Waals surface area contributed by atoms with Gasteiger partial charge in [-0.15, -0.1) is 0 Å². The number of benzene rings is 1. The van der Waals surface area contributed by atoms with Crippen LogP contribution < -0.4 is 10.6 Å². The average molecular weight is 247 g/mol. The van der Waals surface area contributed by atoms with Crippen molar-refractivity contribution < 1.29 is 9.18 Å². The van der Waals surface area contributed by atoms with Crippen LogP contribution in [0.2, 0.25) is 0 Å². The van der Waals surface area contributed by atoms with Gasteiger partial charge in [0, 0.05) is 24.7 Å². The first-order valence-electron chi connectivity index (χ1n) is 5.85. The topological polar surface area (TPSA) is 70.1 Å². The number of halogens is 1. The molecule has 4 nitrogen and oxygen atoms in total. The van der Waals surface area contributed by atoms with Gasteiger partial charge in [0.2, 0.25) is 5.91 Å². The molecule has 2 rings (SSSR count). The number of anilines is 1. The molecule has 0 spiro atoms. The Morgan fingerprint density at radius 1 is 1.44 bits per heavy atom. The Bertz CT molecular complexity index is 501. The highest BCUT2D eigenvalue weighted by Crippen LogP contribution is 2.24. The predicted molar refractivity (Wildman–Crippen MR) is 65.2 cm³/mol. The van der Waals surface area contributed by atoms with Crippen molar-refractivity contribution >= 4 is 11.6 Å².